The highest BCUT2D eigenvalue weighted by atomic mass is 35.5. The maximum atomic E-state index is 6.16. The van der Waals surface area contributed by atoms with Gasteiger partial charge in [-0.3, -0.25) is 0 Å². The Bertz CT molecular complexity index is 464. The van der Waals surface area contributed by atoms with Gasteiger partial charge in [0, 0.05) is 29.6 Å². The number of rotatable bonds is 6. The van der Waals surface area contributed by atoms with E-state index in [2.05, 4.69) is 11.2 Å². The molecule has 0 unspecified atom stereocenters. The minimum atomic E-state index is 0.467. The van der Waals surface area contributed by atoms with E-state index in [1.54, 1.807) is 6.07 Å². The van der Waals surface area contributed by atoms with E-state index < -0.39 is 0 Å². The third-order valence-electron chi connectivity index (χ3n) is 2.74. The van der Waals surface area contributed by atoms with Crippen LogP contribution in [0.2, 0.25) is 10.0 Å². The van der Waals surface area contributed by atoms with Crippen LogP contribution in [-0.2, 0) is 6.54 Å². The number of hydrogen-bond donors (Lipinski definition) is 1. The van der Waals surface area contributed by atoms with E-state index in [1.165, 1.54) is 12.8 Å². The van der Waals surface area contributed by atoms with Crippen LogP contribution in [0.5, 0.6) is 5.75 Å². The molecule has 2 nitrogen and oxygen atoms in total. The summed E-state index contributed by atoms with van der Waals surface area (Å²) < 4.78 is 5.64. The van der Waals surface area contributed by atoms with E-state index in [0.29, 0.717) is 34.9 Å². The second-order valence-corrected chi connectivity index (χ2v) is 5.18. The van der Waals surface area contributed by atoms with Gasteiger partial charge in [-0.05, 0) is 25.0 Å². The van der Waals surface area contributed by atoms with Crippen LogP contribution in [-0.4, -0.2) is 12.6 Å². The predicted octanol–water partition coefficient (Wildman–Crippen LogP) is 3.65. The van der Waals surface area contributed by atoms with Crippen molar-refractivity contribution >= 4 is 23.2 Å². The van der Waals surface area contributed by atoms with E-state index in [1.807, 2.05) is 6.07 Å². The Morgan fingerprint density at radius 1 is 1.39 bits per heavy atom. The molecule has 0 bridgehead atoms. The molecule has 0 atom stereocenters. The second-order valence-electron chi connectivity index (χ2n) is 4.33. The Morgan fingerprint density at radius 2 is 2.17 bits per heavy atom. The Hall–Kier alpha value is -0.880. The molecular weight excluding hydrogens is 269 g/mol. The first kappa shape index (κ1) is 13.5. The Labute approximate surface area is 118 Å². The lowest BCUT2D eigenvalue weighted by molar-refractivity contribution is 0.323. The van der Waals surface area contributed by atoms with E-state index in [9.17, 15) is 0 Å². The zero-order valence-corrected chi connectivity index (χ0v) is 11.5. The van der Waals surface area contributed by atoms with Crippen molar-refractivity contribution in [2.45, 2.75) is 31.8 Å². The van der Waals surface area contributed by atoms with Crippen LogP contribution in [0, 0.1) is 12.3 Å². The van der Waals surface area contributed by atoms with Crippen molar-refractivity contribution in [3.05, 3.63) is 27.7 Å². The summed E-state index contributed by atoms with van der Waals surface area (Å²) in [5.74, 6) is 3.22. The van der Waals surface area contributed by atoms with Crippen LogP contribution in [0.4, 0.5) is 0 Å². The molecule has 18 heavy (non-hydrogen) atoms. The third kappa shape index (κ3) is 3.81. The van der Waals surface area contributed by atoms with Gasteiger partial charge in [0.1, 0.15) is 5.75 Å². The quantitative estimate of drug-likeness (QED) is 0.636. The van der Waals surface area contributed by atoms with E-state index in [0.717, 1.165) is 12.1 Å². The summed E-state index contributed by atoms with van der Waals surface area (Å²) in [5.41, 5.74) is 0.983. The SMILES string of the molecule is C#CCCOc1c(Cl)cc(Cl)cc1CNC1CC1. The minimum absolute atomic E-state index is 0.467. The van der Waals surface area contributed by atoms with Gasteiger partial charge in [-0.1, -0.05) is 23.2 Å². The largest absolute Gasteiger partial charge is 0.491 e. The molecule has 96 valence electrons. The van der Waals surface area contributed by atoms with Crippen LogP contribution in [0.25, 0.3) is 0 Å². The van der Waals surface area contributed by atoms with Gasteiger partial charge in [0.15, 0.2) is 0 Å². The molecule has 0 amide bonds. The van der Waals surface area contributed by atoms with Gasteiger partial charge in [-0.15, -0.1) is 12.3 Å². The lowest BCUT2D eigenvalue weighted by Crippen LogP contribution is -2.16. The number of halogens is 2. The van der Waals surface area contributed by atoms with Gasteiger partial charge >= 0.3 is 0 Å². The van der Waals surface area contributed by atoms with Gasteiger partial charge in [0.05, 0.1) is 11.6 Å². The summed E-state index contributed by atoms with van der Waals surface area (Å²) in [5, 5.41) is 4.58. The molecule has 1 N–H and O–H groups in total. The van der Waals surface area contributed by atoms with E-state index >= 15 is 0 Å². The fourth-order valence-electron chi connectivity index (χ4n) is 1.66. The molecule has 2 rings (SSSR count). The average molecular weight is 284 g/mol. The average Bonchev–Trinajstić information content (AvgIpc) is 3.13. The van der Waals surface area contributed by atoms with Crippen LogP contribution >= 0.6 is 23.2 Å². The van der Waals surface area contributed by atoms with Crippen molar-refractivity contribution in [3.63, 3.8) is 0 Å². The van der Waals surface area contributed by atoms with Crippen LogP contribution in [0.1, 0.15) is 24.8 Å². The van der Waals surface area contributed by atoms with Crippen molar-refractivity contribution in [1.82, 2.24) is 5.32 Å². The number of hydrogen-bond acceptors (Lipinski definition) is 2. The molecule has 0 saturated heterocycles. The summed E-state index contributed by atoms with van der Waals surface area (Å²) in [6, 6.07) is 4.20. The van der Waals surface area contributed by atoms with Crippen LogP contribution in [0.15, 0.2) is 12.1 Å². The fraction of sp³-hybridized carbons (Fsp3) is 0.429. The molecule has 1 aromatic carbocycles. The molecule has 0 radical (unpaired) electrons. The fourth-order valence-corrected chi connectivity index (χ4v) is 2.25. The maximum Gasteiger partial charge on any atom is 0.142 e. The highest BCUT2D eigenvalue weighted by Crippen LogP contribution is 2.33. The first-order chi connectivity index (χ1) is 8.70. The van der Waals surface area contributed by atoms with Crippen molar-refractivity contribution in [3.8, 4) is 18.1 Å². The van der Waals surface area contributed by atoms with E-state index in [4.69, 9.17) is 34.4 Å². The van der Waals surface area contributed by atoms with Crippen molar-refractivity contribution in [2.75, 3.05) is 6.61 Å². The zero-order valence-electron chi connectivity index (χ0n) is 10.0. The molecule has 4 heteroatoms. The second kappa shape index (κ2) is 6.33. The molecule has 1 fully saturated rings. The molecule has 0 aliphatic heterocycles. The minimum Gasteiger partial charge on any atom is -0.491 e. The van der Waals surface area contributed by atoms with Gasteiger partial charge in [0.25, 0.3) is 0 Å². The summed E-state index contributed by atoms with van der Waals surface area (Å²) >= 11 is 12.2. The van der Waals surface area contributed by atoms with Crippen molar-refractivity contribution in [2.24, 2.45) is 0 Å². The Morgan fingerprint density at radius 3 is 2.83 bits per heavy atom. The Kier molecular flexibility index (Phi) is 4.77. The van der Waals surface area contributed by atoms with Crippen LogP contribution < -0.4 is 10.1 Å². The summed E-state index contributed by atoms with van der Waals surface area (Å²) in [4.78, 5) is 0. The molecule has 1 aliphatic rings. The predicted molar refractivity (Wildman–Crippen MR) is 75.3 cm³/mol. The highest BCUT2D eigenvalue weighted by Gasteiger charge is 2.21. The number of nitrogens with one attached hydrogen (secondary N) is 1. The lowest BCUT2D eigenvalue weighted by atomic mass is 10.2. The van der Waals surface area contributed by atoms with Crippen LogP contribution in [0.3, 0.4) is 0 Å². The molecule has 1 aromatic rings. The molecule has 1 aliphatic carbocycles. The van der Waals surface area contributed by atoms with E-state index in [-0.39, 0.29) is 0 Å². The summed E-state index contributed by atoms with van der Waals surface area (Å²) in [6.45, 7) is 1.19. The molecule has 0 spiro atoms. The molecule has 1 saturated carbocycles. The number of ether oxygens (including phenoxy) is 1. The van der Waals surface area contributed by atoms with Gasteiger partial charge in [-0.25, -0.2) is 0 Å². The van der Waals surface area contributed by atoms with Gasteiger partial charge < -0.3 is 10.1 Å². The first-order valence-electron chi connectivity index (χ1n) is 5.98. The summed E-state index contributed by atoms with van der Waals surface area (Å²) in [6.07, 6.45) is 8.24. The normalized spacial score (nSPS) is 14.3. The standard InChI is InChI=1S/C14H15Cl2NO/c1-2-3-6-18-14-10(9-17-12-4-5-12)7-11(15)8-13(14)16/h1,7-8,12,17H,3-6,9H2. The number of terminal acetylenes is 1. The van der Waals surface area contributed by atoms with Gasteiger partial charge in [0.2, 0.25) is 0 Å². The lowest BCUT2D eigenvalue weighted by Gasteiger charge is -2.13. The zero-order chi connectivity index (χ0) is 13.0. The number of benzene rings is 1. The van der Waals surface area contributed by atoms with Crippen molar-refractivity contribution < 1.29 is 4.74 Å². The molecule has 0 aromatic heterocycles. The van der Waals surface area contributed by atoms with Gasteiger partial charge in [-0.2, -0.15) is 0 Å². The third-order valence-corrected chi connectivity index (χ3v) is 3.24. The Balaban J connectivity index is 2.09. The smallest absolute Gasteiger partial charge is 0.142 e. The monoisotopic (exact) mass is 283 g/mol. The highest BCUT2D eigenvalue weighted by molar-refractivity contribution is 6.35. The topological polar surface area (TPSA) is 21.3 Å². The molecule has 0 heterocycles. The van der Waals surface area contributed by atoms with Crippen molar-refractivity contribution in [1.29, 1.82) is 0 Å². The summed E-state index contributed by atoms with van der Waals surface area (Å²) in [7, 11) is 0. The first-order valence-corrected chi connectivity index (χ1v) is 6.74. The molecular formula is C14H15Cl2NO. The maximum absolute atomic E-state index is 6.16.